The van der Waals surface area contributed by atoms with Crippen LogP contribution in [0.3, 0.4) is 0 Å². The van der Waals surface area contributed by atoms with Gasteiger partial charge < -0.3 is 9.22 Å². The first kappa shape index (κ1) is 11.9. The molecule has 0 saturated heterocycles. The first-order valence-corrected chi connectivity index (χ1v) is 4.77. The molecule has 0 aliphatic carbocycles. The Morgan fingerprint density at radius 3 is 2.47 bits per heavy atom. The number of rotatable bonds is 4. The molecule has 0 heterocycles. The lowest BCUT2D eigenvalue weighted by Crippen LogP contribution is -2.38. The summed E-state index contributed by atoms with van der Waals surface area (Å²) in [6, 6.07) is 3.20. The van der Waals surface area contributed by atoms with Gasteiger partial charge in [0.1, 0.15) is 19.0 Å². The molecule has 4 heteroatoms. The Hall–Kier alpha value is -1.16. The van der Waals surface area contributed by atoms with Crippen LogP contribution < -0.4 is 4.74 Å². The second-order valence-electron chi connectivity index (χ2n) is 4.44. The van der Waals surface area contributed by atoms with Crippen LogP contribution in [0.15, 0.2) is 18.2 Å². The van der Waals surface area contributed by atoms with Gasteiger partial charge in [-0.25, -0.2) is 8.78 Å². The van der Waals surface area contributed by atoms with Gasteiger partial charge in [-0.05, 0) is 12.1 Å². The SMILES string of the molecule is C[N+](C)(C)CCOc1cc(F)ccc1F. The van der Waals surface area contributed by atoms with E-state index < -0.39 is 11.6 Å². The summed E-state index contributed by atoms with van der Waals surface area (Å²) < 4.78 is 31.7. The van der Waals surface area contributed by atoms with E-state index in [0.717, 1.165) is 29.2 Å². The first-order chi connectivity index (χ1) is 6.88. The van der Waals surface area contributed by atoms with Crippen molar-refractivity contribution in [3.8, 4) is 5.75 Å². The first-order valence-electron chi connectivity index (χ1n) is 4.77. The van der Waals surface area contributed by atoms with Gasteiger partial charge in [0.25, 0.3) is 0 Å². The van der Waals surface area contributed by atoms with Crippen molar-refractivity contribution < 1.29 is 18.0 Å². The van der Waals surface area contributed by atoms with E-state index in [1.807, 2.05) is 21.1 Å². The number of nitrogens with zero attached hydrogens (tertiary/aromatic N) is 1. The summed E-state index contributed by atoms with van der Waals surface area (Å²) in [6.07, 6.45) is 0. The average Bonchev–Trinajstić information content (AvgIpc) is 2.09. The predicted molar refractivity (Wildman–Crippen MR) is 54.8 cm³/mol. The van der Waals surface area contributed by atoms with Gasteiger partial charge in [0.15, 0.2) is 11.6 Å². The maximum absolute atomic E-state index is 13.1. The fourth-order valence-electron chi connectivity index (χ4n) is 1.02. The molecule has 0 saturated carbocycles. The van der Waals surface area contributed by atoms with Crippen molar-refractivity contribution in [2.75, 3.05) is 34.3 Å². The van der Waals surface area contributed by atoms with E-state index in [2.05, 4.69) is 0 Å². The highest BCUT2D eigenvalue weighted by Crippen LogP contribution is 2.17. The zero-order valence-corrected chi connectivity index (χ0v) is 9.26. The number of halogens is 2. The minimum atomic E-state index is -0.530. The summed E-state index contributed by atoms with van der Waals surface area (Å²) in [5.74, 6) is -1.04. The normalized spacial score (nSPS) is 11.5. The summed E-state index contributed by atoms with van der Waals surface area (Å²) in [6.45, 7) is 1.10. The van der Waals surface area contributed by atoms with Gasteiger partial charge in [-0.1, -0.05) is 0 Å². The Labute approximate surface area is 88.7 Å². The molecular weight excluding hydrogens is 200 g/mol. The van der Waals surface area contributed by atoms with Crippen molar-refractivity contribution in [2.45, 2.75) is 0 Å². The molecule has 0 bridgehead atoms. The molecule has 1 aromatic carbocycles. The fourth-order valence-corrected chi connectivity index (χ4v) is 1.02. The number of likely N-dealkylation sites (N-methyl/N-ethyl adjacent to an activating group) is 1. The molecule has 2 nitrogen and oxygen atoms in total. The zero-order chi connectivity index (χ0) is 11.5. The molecule has 84 valence electrons. The molecular formula is C11H16F2NO+. The van der Waals surface area contributed by atoms with Crippen molar-refractivity contribution in [2.24, 2.45) is 0 Å². The van der Waals surface area contributed by atoms with Crippen LogP contribution in [0.2, 0.25) is 0 Å². The standard InChI is InChI=1S/C11H16F2NO/c1-14(2,3)6-7-15-11-8-9(12)4-5-10(11)13/h4-5,8H,6-7H2,1-3H3/q+1. The van der Waals surface area contributed by atoms with E-state index >= 15 is 0 Å². The van der Waals surface area contributed by atoms with Crippen LogP contribution in [0.1, 0.15) is 0 Å². The smallest absolute Gasteiger partial charge is 0.165 e. The number of quaternary nitrogens is 1. The van der Waals surface area contributed by atoms with Crippen LogP contribution in [-0.2, 0) is 0 Å². The van der Waals surface area contributed by atoms with Crippen molar-refractivity contribution in [1.82, 2.24) is 0 Å². The summed E-state index contributed by atoms with van der Waals surface area (Å²) in [4.78, 5) is 0. The minimum absolute atomic E-state index is 0.0246. The van der Waals surface area contributed by atoms with E-state index in [1.54, 1.807) is 0 Å². The Kier molecular flexibility index (Phi) is 3.63. The van der Waals surface area contributed by atoms with Crippen molar-refractivity contribution >= 4 is 0 Å². The molecule has 0 N–H and O–H groups in total. The van der Waals surface area contributed by atoms with Gasteiger partial charge in [0, 0.05) is 6.07 Å². The van der Waals surface area contributed by atoms with Crippen molar-refractivity contribution in [1.29, 1.82) is 0 Å². The highest BCUT2D eigenvalue weighted by Gasteiger charge is 2.09. The average molecular weight is 216 g/mol. The molecule has 0 radical (unpaired) electrons. The van der Waals surface area contributed by atoms with Gasteiger partial charge in [-0.3, -0.25) is 0 Å². The quantitative estimate of drug-likeness (QED) is 0.700. The monoisotopic (exact) mass is 216 g/mol. The second kappa shape index (κ2) is 4.57. The Morgan fingerprint density at radius 2 is 1.87 bits per heavy atom. The second-order valence-corrected chi connectivity index (χ2v) is 4.44. The van der Waals surface area contributed by atoms with Gasteiger partial charge in [0.2, 0.25) is 0 Å². The van der Waals surface area contributed by atoms with Crippen LogP contribution in [0.4, 0.5) is 8.78 Å². The summed E-state index contributed by atoms with van der Waals surface area (Å²) in [5.41, 5.74) is 0. The Morgan fingerprint density at radius 1 is 1.20 bits per heavy atom. The highest BCUT2D eigenvalue weighted by molar-refractivity contribution is 5.24. The molecule has 0 aliphatic heterocycles. The Bertz CT molecular complexity index is 334. The largest absolute Gasteiger partial charge is 0.485 e. The topological polar surface area (TPSA) is 9.23 Å². The van der Waals surface area contributed by atoms with Crippen LogP contribution in [0.25, 0.3) is 0 Å². The number of hydrogen-bond donors (Lipinski definition) is 0. The molecule has 0 spiro atoms. The zero-order valence-electron chi connectivity index (χ0n) is 9.26. The summed E-state index contributed by atoms with van der Waals surface area (Å²) in [7, 11) is 6.02. The maximum atomic E-state index is 13.1. The third-order valence-corrected chi connectivity index (χ3v) is 1.91. The molecule has 15 heavy (non-hydrogen) atoms. The highest BCUT2D eigenvalue weighted by atomic mass is 19.1. The van der Waals surface area contributed by atoms with E-state index in [9.17, 15) is 8.78 Å². The fraction of sp³-hybridized carbons (Fsp3) is 0.455. The number of ether oxygens (including phenoxy) is 1. The lowest BCUT2D eigenvalue weighted by atomic mass is 10.3. The van der Waals surface area contributed by atoms with Gasteiger partial charge in [0.05, 0.1) is 21.1 Å². The molecule has 0 aliphatic rings. The van der Waals surface area contributed by atoms with Crippen LogP contribution >= 0.6 is 0 Å². The molecule has 1 rings (SSSR count). The molecule has 0 atom stereocenters. The molecule has 0 amide bonds. The number of hydrogen-bond acceptors (Lipinski definition) is 1. The van der Waals surface area contributed by atoms with E-state index in [-0.39, 0.29) is 5.75 Å². The number of benzene rings is 1. The van der Waals surface area contributed by atoms with Gasteiger partial charge in [-0.15, -0.1) is 0 Å². The van der Waals surface area contributed by atoms with Crippen molar-refractivity contribution in [3.63, 3.8) is 0 Å². The third kappa shape index (κ3) is 4.25. The Balaban J connectivity index is 2.54. The summed E-state index contributed by atoms with van der Waals surface area (Å²) >= 11 is 0. The summed E-state index contributed by atoms with van der Waals surface area (Å²) in [5, 5.41) is 0. The maximum Gasteiger partial charge on any atom is 0.165 e. The van der Waals surface area contributed by atoms with E-state index in [4.69, 9.17) is 4.74 Å². The molecule has 1 aromatic rings. The lowest BCUT2D eigenvalue weighted by molar-refractivity contribution is -0.870. The van der Waals surface area contributed by atoms with Gasteiger partial charge >= 0.3 is 0 Å². The molecule has 0 aromatic heterocycles. The third-order valence-electron chi connectivity index (χ3n) is 1.91. The minimum Gasteiger partial charge on any atom is -0.485 e. The lowest BCUT2D eigenvalue weighted by Gasteiger charge is -2.23. The van der Waals surface area contributed by atoms with Crippen molar-refractivity contribution in [3.05, 3.63) is 29.8 Å². The molecule has 0 fully saturated rings. The van der Waals surface area contributed by atoms with Crippen LogP contribution in [-0.4, -0.2) is 38.8 Å². The van der Waals surface area contributed by atoms with Gasteiger partial charge in [-0.2, -0.15) is 0 Å². The van der Waals surface area contributed by atoms with E-state index in [1.165, 1.54) is 0 Å². The van der Waals surface area contributed by atoms with Crippen LogP contribution in [0, 0.1) is 11.6 Å². The van der Waals surface area contributed by atoms with Crippen LogP contribution in [0.5, 0.6) is 5.75 Å². The van der Waals surface area contributed by atoms with E-state index in [0.29, 0.717) is 6.61 Å². The predicted octanol–water partition coefficient (Wildman–Crippen LogP) is 2.05. The molecule has 0 unspecified atom stereocenters.